The number of rotatable bonds is 4. The number of nitrogens with zero attached hydrogens (tertiary/aromatic N) is 1. The van der Waals surface area contributed by atoms with Crippen LogP contribution in [0.25, 0.3) is 0 Å². The van der Waals surface area contributed by atoms with E-state index >= 15 is 0 Å². The fourth-order valence-corrected chi connectivity index (χ4v) is 2.48. The number of carboxylic acid groups (broad SMARTS) is 1. The van der Waals surface area contributed by atoms with Crippen LogP contribution in [0.1, 0.15) is 29.3 Å². The molecule has 1 aliphatic rings. The maximum atomic E-state index is 10.7. The second-order valence-corrected chi connectivity index (χ2v) is 4.75. The highest BCUT2D eigenvalue weighted by atomic mass is 16.4. The van der Waals surface area contributed by atoms with Crippen molar-refractivity contribution in [3.8, 4) is 0 Å². The zero-order valence-electron chi connectivity index (χ0n) is 10.2. The van der Waals surface area contributed by atoms with Gasteiger partial charge in [0.25, 0.3) is 0 Å². The highest BCUT2D eigenvalue weighted by Gasteiger charge is 2.21. The van der Waals surface area contributed by atoms with Gasteiger partial charge in [-0.3, -0.25) is 0 Å². The Morgan fingerprint density at radius 2 is 2.12 bits per heavy atom. The summed E-state index contributed by atoms with van der Waals surface area (Å²) in [7, 11) is 0. The van der Waals surface area contributed by atoms with Gasteiger partial charge in [0.2, 0.25) is 0 Å². The molecule has 0 aromatic heterocycles. The second-order valence-electron chi connectivity index (χ2n) is 4.75. The molecule has 2 rings (SSSR count). The lowest BCUT2D eigenvalue weighted by molar-refractivity contribution is 0.0697. The van der Waals surface area contributed by atoms with E-state index in [1.807, 2.05) is 12.1 Å². The van der Waals surface area contributed by atoms with E-state index in [0.29, 0.717) is 5.56 Å². The summed E-state index contributed by atoms with van der Waals surface area (Å²) in [5.74, 6) is -0.125. The predicted octanol–water partition coefficient (Wildman–Crippen LogP) is 2.27. The molecule has 1 saturated heterocycles. The van der Waals surface area contributed by atoms with Crippen molar-refractivity contribution in [3.63, 3.8) is 0 Å². The number of carboxylic acids is 1. The molecular weight excluding hydrogens is 214 g/mol. The van der Waals surface area contributed by atoms with Crippen molar-refractivity contribution in [2.24, 2.45) is 5.92 Å². The van der Waals surface area contributed by atoms with Crippen LogP contribution in [-0.4, -0.2) is 35.6 Å². The van der Waals surface area contributed by atoms with E-state index in [4.69, 9.17) is 5.11 Å². The molecule has 17 heavy (non-hydrogen) atoms. The molecule has 1 aromatic rings. The molecule has 1 fully saturated rings. The minimum Gasteiger partial charge on any atom is -0.478 e. The molecule has 0 saturated carbocycles. The number of aromatic carboxylic acids is 1. The zero-order chi connectivity index (χ0) is 12.3. The summed E-state index contributed by atoms with van der Waals surface area (Å²) in [6.45, 7) is 5.71. The first-order valence-electron chi connectivity index (χ1n) is 6.23. The second kappa shape index (κ2) is 5.32. The van der Waals surface area contributed by atoms with Gasteiger partial charge < -0.3 is 10.0 Å². The molecule has 92 valence electrons. The first-order chi connectivity index (χ1) is 8.19. The molecule has 1 unspecified atom stereocenters. The number of hydrogen-bond acceptors (Lipinski definition) is 2. The van der Waals surface area contributed by atoms with E-state index in [2.05, 4.69) is 11.8 Å². The fraction of sp³-hybridized carbons (Fsp3) is 0.500. The summed E-state index contributed by atoms with van der Waals surface area (Å²) < 4.78 is 0. The van der Waals surface area contributed by atoms with Gasteiger partial charge in [0, 0.05) is 6.54 Å². The molecule has 0 spiro atoms. The minimum atomic E-state index is -0.852. The van der Waals surface area contributed by atoms with Gasteiger partial charge in [-0.2, -0.15) is 0 Å². The van der Waals surface area contributed by atoms with E-state index < -0.39 is 5.97 Å². The molecule has 3 nitrogen and oxygen atoms in total. The fourth-order valence-electron chi connectivity index (χ4n) is 2.48. The molecule has 1 N–H and O–H groups in total. The first-order valence-corrected chi connectivity index (χ1v) is 6.23. The van der Waals surface area contributed by atoms with Crippen LogP contribution in [0.3, 0.4) is 0 Å². The van der Waals surface area contributed by atoms with Crippen LogP contribution in [-0.2, 0) is 6.42 Å². The highest BCUT2D eigenvalue weighted by molar-refractivity contribution is 5.87. The van der Waals surface area contributed by atoms with Gasteiger partial charge in [0.1, 0.15) is 0 Å². The van der Waals surface area contributed by atoms with Crippen molar-refractivity contribution < 1.29 is 9.90 Å². The van der Waals surface area contributed by atoms with Crippen molar-refractivity contribution in [2.45, 2.75) is 19.8 Å². The smallest absolute Gasteiger partial charge is 0.335 e. The van der Waals surface area contributed by atoms with E-state index in [9.17, 15) is 4.79 Å². The Balaban J connectivity index is 1.93. The van der Waals surface area contributed by atoms with Crippen LogP contribution in [0.15, 0.2) is 24.3 Å². The Labute approximate surface area is 102 Å². The minimum absolute atomic E-state index is 0.371. The van der Waals surface area contributed by atoms with Gasteiger partial charge in [-0.05, 0) is 49.5 Å². The average molecular weight is 233 g/mol. The van der Waals surface area contributed by atoms with E-state index in [0.717, 1.165) is 18.9 Å². The zero-order valence-corrected chi connectivity index (χ0v) is 10.2. The number of benzene rings is 1. The van der Waals surface area contributed by atoms with Crippen LogP contribution in [0.2, 0.25) is 0 Å². The SMILES string of the molecule is CCN1CCC(Cc2ccc(C(=O)O)cc2)C1. The molecular formula is C14H19NO2. The molecule has 1 aromatic carbocycles. The third kappa shape index (κ3) is 3.07. The largest absolute Gasteiger partial charge is 0.478 e. The summed E-state index contributed by atoms with van der Waals surface area (Å²) in [4.78, 5) is 13.2. The monoisotopic (exact) mass is 233 g/mol. The van der Waals surface area contributed by atoms with Crippen LogP contribution in [0, 0.1) is 5.92 Å². The summed E-state index contributed by atoms with van der Waals surface area (Å²) in [6.07, 6.45) is 2.32. The highest BCUT2D eigenvalue weighted by Crippen LogP contribution is 2.20. The molecule has 0 amide bonds. The molecule has 0 radical (unpaired) electrons. The maximum Gasteiger partial charge on any atom is 0.335 e. The van der Waals surface area contributed by atoms with Gasteiger partial charge >= 0.3 is 5.97 Å². The Morgan fingerprint density at radius 3 is 2.65 bits per heavy atom. The van der Waals surface area contributed by atoms with Crippen molar-refractivity contribution >= 4 is 5.97 Å². The summed E-state index contributed by atoms with van der Waals surface area (Å²) >= 11 is 0. The predicted molar refractivity (Wildman–Crippen MR) is 67.3 cm³/mol. The van der Waals surface area contributed by atoms with E-state index in [1.54, 1.807) is 12.1 Å². The first kappa shape index (κ1) is 12.1. The van der Waals surface area contributed by atoms with E-state index in [1.165, 1.54) is 25.1 Å². The normalized spacial score (nSPS) is 20.6. The van der Waals surface area contributed by atoms with Gasteiger partial charge in [-0.15, -0.1) is 0 Å². The van der Waals surface area contributed by atoms with Crippen LogP contribution in [0.5, 0.6) is 0 Å². The Morgan fingerprint density at radius 1 is 1.41 bits per heavy atom. The van der Waals surface area contributed by atoms with Gasteiger partial charge in [0.15, 0.2) is 0 Å². The lowest BCUT2D eigenvalue weighted by Crippen LogP contribution is -2.20. The van der Waals surface area contributed by atoms with Crippen molar-refractivity contribution in [3.05, 3.63) is 35.4 Å². The standard InChI is InChI=1S/C14H19NO2/c1-2-15-8-7-12(10-15)9-11-3-5-13(6-4-11)14(16)17/h3-6,12H,2,7-10H2,1H3,(H,16,17). The van der Waals surface area contributed by atoms with Crippen molar-refractivity contribution in [1.29, 1.82) is 0 Å². The van der Waals surface area contributed by atoms with Crippen LogP contribution in [0.4, 0.5) is 0 Å². The third-order valence-corrected chi connectivity index (χ3v) is 3.54. The summed E-state index contributed by atoms with van der Waals surface area (Å²) in [5, 5.41) is 8.82. The van der Waals surface area contributed by atoms with Crippen LogP contribution < -0.4 is 0 Å². The average Bonchev–Trinajstić information content (AvgIpc) is 2.77. The van der Waals surface area contributed by atoms with Gasteiger partial charge in [-0.25, -0.2) is 4.79 Å². The topological polar surface area (TPSA) is 40.5 Å². The Kier molecular flexibility index (Phi) is 3.79. The molecule has 3 heteroatoms. The maximum absolute atomic E-state index is 10.7. The number of hydrogen-bond donors (Lipinski definition) is 1. The number of carbonyl (C=O) groups is 1. The lowest BCUT2D eigenvalue weighted by Gasteiger charge is -2.13. The van der Waals surface area contributed by atoms with E-state index in [-0.39, 0.29) is 0 Å². The molecule has 1 aliphatic heterocycles. The van der Waals surface area contributed by atoms with Crippen LogP contribution >= 0.6 is 0 Å². The molecule has 1 heterocycles. The molecule has 0 aliphatic carbocycles. The number of likely N-dealkylation sites (tertiary alicyclic amines) is 1. The third-order valence-electron chi connectivity index (χ3n) is 3.54. The summed E-state index contributed by atoms with van der Waals surface area (Å²) in [6, 6.07) is 7.28. The van der Waals surface area contributed by atoms with Gasteiger partial charge in [-0.1, -0.05) is 19.1 Å². The van der Waals surface area contributed by atoms with Gasteiger partial charge in [0.05, 0.1) is 5.56 Å². The molecule has 1 atom stereocenters. The van der Waals surface area contributed by atoms with Crippen molar-refractivity contribution in [1.82, 2.24) is 4.90 Å². The quantitative estimate of drug-likeness (QED) is 0.867. The Hall–Kier alpha value is -1.35. The summed E-state index contributed by atoms with van der Waals surface area (Å²) in [5.41, 5.74) is 1.62. The Bertz CT molecular complexity index is 386. The lowest BCUT2D eigenvalue weighted by atomic mass is 9.98. The van der Waals surface area contributed by atoms with Crippen molar-refractivity contribution in [2.75, 3.05) is 19.6 Å². The molecule has 0 bridgehead atoms.